The van der Waals surface area contributed by atoms with E-state index in [4.69, 9.17) is 0 Å². The normalized spacial score (nSPS) is 19.3. The number of benzene rings is 3. The monoisotopic (exact) mass is 439 g/mol. The van der Waals surface area contributed by atoms with Crippen molar-refractivity contribution in [2.24, 2.45) is 0 Å². The lowest BCUT2D eigenvalue weighted by molar-refractivity contribution is -0.123. The van der Waals surface area contributed by atoms with E-state index in [1.807, 2.05) is 67.6 Å². The molecule has 5 nitrogen and oxygen atoms in total. The maximum atomic E-state index is 14.0. The average Bonchev–Trinajstić information content (AvgIpc) is 3.36. The number of amides is 2. The largest absolute Gasteiger partial charge is 0.311 e. The third-order valence-electron chi connectivity index (χ3n) is 6.04. The number of carbonyl (C=O) groups excluding carboxylic acids is 2. The zero-order valence-corrected chi connectivity index (χ0v) is 18.4. The Morgan fingerprint density at radius 2 is 1.88 bits per heavy atom. The van der Waals surface area contributed by atoms with Gasteiger partial charge in [-0.3, -0.25) is 9.59 Å². The van der Waals surface area contributed by atoms with Gasteiger partial charge in [-0.2, -0.15) is 5.26 Å². The van der Waals surface area contributed by atoms with Crippen molar-refractivity contribution in [3.63, 3.8) is 0 Å². The molecule has 1 saturated heterocycles. The van der Waals surface area contributed by atoms with Crippen LogP contribution in [0.25, 0.3) is 0 Å². The second-order valence-corrected chi connectivity index (χ2v) is 9.32. The molecule has 32 heavy (non-hydrogen) atoms. The average molecular weight is 440 g/mol. The molecule has 2 aliphatic heterocycles. The second-order valence-electron chi connectivity index (χ2n) is 8.04. The highest BCUT2D eigenvalue weighted by Crippen LogP contribution is 2.54. The number of fused-ring (bicyclic) bond motifs is 2. The van der Waals surface area contributed by atoms with E-state index in [1.165, 1.54) is 11.8 Å². The first-order valence-electron chi connectivity index (χ1n) is 10.5. The van der Waals surface area contributed by atoms with Crippen LogP contribution in [0.15, 0.2) is 72.8 Å². The van der Waals surface area contributed by atoms with Crippen LogP contribution < -0.4 is 4.90 Å². The van der Waals surface area contributed by atoms with Gasteiger partial charge in [-0.15, -0.1) is 11.8 Å². The van der Waals surface area contributed by atoms with Crippen molar-refractivity contribution in [1.29, 1.82) is 5.26 Å². The molecule has 1 spiro atoms. The fourth-order valence-corrected chi connectivity index (χ4v) is 5.96. The van der Waals surface area contributed by atoms with Gasteiger partial charge in [0.2, 0.25) is 0 Å². The highest BCUT2D eigenvalue weighted by atomic mass is 32.2. The number of aryl methyl sites for hydroxylation is 1. The van der Waals surface area contributed by atoms with Crippen molar-refractivity contribution in [2.45, 2.75) is 18.3 Å². The lowest BCUT2D eigenvalue weighted by atomic mass is 10.0. The molecule has 5 rings (SSSR count). The molecule has 0 aliphatic carbocycles. The molecule has 6 heteroatoms. The van der Waals surface area contributed by atoms with Gasteiger partial charge in [0.25, 0.3) is 11.8 Å². The summed E-state index contributed by atoms with van der Waals surface area (Å²) in [4.78, 5) is 29.9. The molecular weight excluding hydrogens is 418 g/mol. The first kappa shape index (κ1) is 20.3. The predicted octanol–water partition coefficient (Wildman–Crippen LogP) is 4.46. The number of nitrogens with zero attached hydrogens (tertiary/aromatic N) is 3. The number of hydrogen-bond donors (Lipinski definition) is 0. The molecule has 1 atom stereocenters. The van der Waals surface area contributed by atoms with E-state index < -0.39 is 4.87 Å². The van der Waals surface area contributed by atoms with Crippen LogP contribution in [0.4, 0.5) is 5.69 Å². The topological polar surface area (TPSA) is 64.4 Å². The Bertz CT molecular complexity index is 1260. The molecule has 2 heterocycles. The van der Waals surface area contributed by atoms with E-state index >= 15 is 0 Å². The SMILES string of the molecule is Cc1ccc(C(=O)N2CCS[C@]23C(=O)N(Cc2cccc(C#N)c2)c2ccccc23)cc1. The Kier molecular flexibility index (Phi) is 4.99. The quantitative estimate of drug-likeness (QED) is 0.605. The van der Waals surface area contributed by atoms with Gasteiger partial charge in [0, 0.05) is 23.4 Å². The predicted molar refractivity (Wildman–Crippen MR) is 125 cm³/mol. The van der Waals surface area contributed by atoms with Crippen LogP contribution in [-0.4, -0.2) is 29.0 Å². The van der Waals surface area contributed by atoms with Crippen LogP contribution in [0.3, 0.4) is 0 Å². The summed E-state index contributed by atoms with van der Waals surface area (Å²) in [6.45, 7) is 2.84. The van der Waals surface area contributed by atoms with Crippen LogP contribution in [0, 0.1) is 18.3 Å². The molecule has 158 valence electrons. The zero-order valence-electron chi connectivity index (χ0n) is 17.6. The fraction of sp³-hybridized carbons (Fsp3) is 0.192. The van der Waals surface area contributed by atoms with E-state index in [-0.39, 0.29) is 11.8 Å². The van der Waals surface area contributed by atoms with E-state index in [9.17, 15) is 14.9 Å². The minimum absolute atomic E-state index is 0.107. The first-order chi connectivity index (χ1) is 15.5. The number of hydrogen-bond acceptors (Lipinski definition) is 4. The number of anilines is 1. The molecule has 0 unspecified atom stereocenters. The first-order valence-corrected chi connectivity index (χ1v) is 11.5. The Balaban J connectivity index is 1.56. The van der Waals surface area contributed by atoms with Gasteiger partial charge in [0.05, 0.1) is 23.9 Å². The molecule has 0 radical (unpaired) electrons. The number of nitriles is 1. The summed E-state index contributed by atoms with van der Waals surface area (Å²) in [5.74, 6) is 0.450. The Morgan fingerprint density at radius 1 is 1.09 bits per heavy atom. The molecule has 0 N–H and O–H groups in total. The minimum Gasteiger partial charge on any atom is -0.311 e. The lowest BCUT2D eigenvalue weighted by Crippen LogP contribution is -2.50. The molecule has 2 aliphatic rings. The van der Waals surface area contributed by atoms with Crippen molar-refractivity contribution in [1.82, 2.24) is 4.90 Å². The zero-order chi connectivity index (χ0) is 22.3. The summed E-state index contributed by atoms with van der Waals surface area (Å²) in [6.07, 6.45) is 0. The van der Waals surface area contributed by atoms with E-state index in [0.29, 0.717) is 30.0 Å². The van der Waals surface area contributed by atoms with Gasteiger partial charge in [0.15, 0.2) is 4.87 Å². The Labute approximate surface area is 191 Å². The lowest BCUT2D eigenvalue weighted by Gasteiger charge is -2.33. The molecular formula is C26H21N3O2S. The maximum absolute atomic E-state index is 14.0. The van der Waals surface area contributed by atoms with Crippen molar-refractivity contribution in [3.8, 4) is 6.07 Å². The molecule has 0 saturated carbocycles. The molecule has 1 fully saturated rings. The van der Waals surface area contributed by atoms with E-state index in [0.717, 1.165) is 22.4 Å². The van der Waals surface area contributed by atoms with Crippen LogP contribution in [0.1, 0.15) is 32.6 Å². The van der Waals surface area contributed by atoms with Gasteiger partial charge in [-0.25, -0.2) is 0 Å². The summed E-state index contributed by atoms with van der Waals surface area (Å²) in [5, 5.41) is 9.24. The smallest absolute Gasteiger partial charge is 0.268 e. The molecule has 3 aromatic carbocycles. The summed E-state index contributed by atoms with van der Waals surface area (Å²) in [7, 11) is 0. The van der Waals surface area contributed by atoms with Gasteiger partial charge in [0.1, 0.15) is 0 Å². The Morgan fingerprint density at radius 3 is 2.66 bits per heavy atom. The third-order valence-corrected chi connectivity index (χ3v) is 7.46. The summed E-state index contributed by atoms with van der Waals surface area (Å²) >= 11 is 1.52. The summed E-state index contributed by atoms with van der Waals surface area (Å²) < 4.78 is 0. The maximum Gasteiger partial charge on any atom is 0.268 e. The van der Waals surface area contributed by atoms with Crippen molar-refractivity contribution < 1.29 is 9.59 Å². The van der Waals surface area contributed by atoms with Crippen molar-refractivity contribution >= 4 is 29.3 Å². The summed E-state index contributed by atoms with van der Waals surface area (Å²) in [5.41, 5.74) is 4.77. The fourth-order valence-electron chi connectivity index (χ4n) is 4.50. The second kappa shape index (κ2) is 7.85. The van der Waals surface area contributed by atoms with Crippen molar-refractivity contribution in [3.05, 3.63) is 101 Å². The van der Waals surface area contributed by atoms with Crippen LogP contribution in [-0.2, 0) is 16.2 Å². The van der Waals surface area contributed by atoms with E-state index in [2.05, 4.69) is 6.07 Å². The Hall–Kier alpha value is -3.56. The standard InChI is InChI=1S/C26H21N3O2S/c1-18-9-11-21(12-10-18)24(30)29-13-14-32-26(29)22-7-2-3-8-23(22)28(25(26)31)17-20-6-4-5-19(15-20)16-27/h2-12,15H,13-14,17H2,1H3/t26-/m1/s1. The number of para-hydroxylation sites is 1. The highest BCUT2D eigenvalue weighted by molar-refractivity contribution is 8.01. The van der Waals surface area contributed by atoms with Crippen molar-refractivity contribution in [2.75, 3.05) is 17.2 Å². The van der Waals surface area contributed by atoms with Crippen LogP contribution >= 0.6 is 11.8 Å². The van der Waals surface area contributed by atoms with Gasteiger partial charge >= 0.3 is 0 Å². The van der Waals surface area contributed by atoms with Gasteiger partial charge < -0.3 is 9.80 Å². The van der Waals surface area contributed by atoms with E-state index in [1.54, 1.807) is 21.9 Å². The van der Waals surface area contributed by atoms with Gasteiger partial charge in [-0.1, -0.05) is 48.0 Å². The molecule has 0 aromatic heterocycles. The molecule has 3 aromatic rings. The minimum atomic E-state index is -1.06. The third kappa shape index (κ3) is 3.09. The van der Waals surface area contributed by atoms with Gasteiger partial charge in [-0.05, 0) is 42.8 Å². The molecule has 2 amide bonds. The number of rotatable bonds is 3. The van der Waals surface area contributed by atoms with Crippen LogP contribution in [0.5, 0.6) is 0 Å². The molecule has 0 bridgehead atoms. The highest BCUT2D eigenvalue weighted by Gasteiger charge is 2.59. The summed E-state index contributed by atoms with van der Waals surface area (Å²) in [6, 6.07) is 24.7. The number of thioether (sulfide) groups is 1. The van der Waals surface area contributed by atoms with Crippen LogP contribution in [0.2, 0.25) is 0 Å². The number of carbonyl (C=O) groups is 2.